The third-order valence-electron chi connectivity index (χ3n) is 3.27. The van der Waals surface area contributed by atoms with Crippen molar-refractivity contribution in [2.75, 3.05) is 6.54 Å². The summed E-state index contributed by atoms with van der Waals surface area (Å²) in [4.78, 5) is 2.73. The standard InChI is InChI=1S/C17H22ClNS/c1-5-19-16(12-8-6-7-9-13(12)18)14-10-11-15(20-14)17(2,3)4/h6-11,16,19H,5H2,1-4H3. The van der Waals surface area contributed by atoms with Gasteiger partial charge in [0, 0.05) is 14.8 Å². The Morgan fingerprint density at radius 3 is 2.40 bits per heavy atom. The normalized spacial score (nSPS) is 13.4. The molecule has 0 aliphatic carbocycles. The van der Waals surface area contributed by atoms with E-state index in [0.717, 1.165) is 17.1 Å². The molecule has 1 heterocycles. The van der Waals surface area contributed by atoms with Crippen molar-refractivity contribution in [3.05, 3.63) is 56.7 Å². The van der Waals surface area contributed by atoms with Crippen molar-refractivity contribution in [2.24, 2.45) is 0 Å². The number of rotatable bonds is 4. The zero-order valence-electron chi connectivity index (χ0n) is 12.5. The van der Waals surface area contributed by atoms with Crippen molar-refractivity contribution in [1.29, 1.82) is 0 Å². The molecule has 20 heavy (non-hydrogen) atoms. The summed E-state index contributed by atoms with van der Waals surface area (Å²) < 4.78 is 0. The monoisotopic (exact) mass is 307 g/mol. The Labute approximate surface area is 131 Å². The van der Waals surface area contributed by atoms with Crippen LogP contribution in [0.3, 0.4) is 0 Å². The molecular formula is C17H22ClNS. The highest BCUT2D eigenvalue weighted by atomic mass is 35.5. The summed E-state index contributed by atoms with van der Waals surface area (Å²) in [5.74, 6) is 0. The predicted molar refractivity (Wildman–Crippen MR) is 90.0 cm³/mol. The lowest BCUT2D eigenvalue weighted by atomic mass is 9.95. The maximum absolute atomic E-state index is 6.37. The molecule has 1 nitrogen and oxygen atoms in total. The largest absolute Gasteiger partial charge is 0.306 e. The average Bonchev–Trinajstić information content (AvgIpc) is 2.86. The summed E-state index contributed by atoms with van der Waals surface area (Å²) in [5, 5.41) is 4.37. The molecule has 0 fully saturated rings. The minimum atomic E-state index is 0.176. The van der Waals surface area contributed by atoms with E-state index in [1.165, 1.54) is 9.75 Å². The van der Waals surface area contributed by atoms with E-state index in [1.54, 1.807) is 0 Å². The molecular weight excluding hydrogens is 286 g/mol. The SMILES string of the molecule is CCNC(c1ccc(C(C)(C)C)s1)c1ccccc1Cl. The summed E-state index contributed by atoms with van der Waals surface area (Å²) in [6, 6.07) is 12.7. The van der Waals surface area contributed by atoms with Crippen LogP contribution in [0.4, 0.5) is 0 Å². The molecule has 0 amide bonds. The van der Waals surface area contributed by atoms with E-state index in [9.17, 15) is 0 Å². The van der Waals surface area contributed by atoms with Gasteiger partial charge in [-0.3, -0.25) is 0 Å². The lowest BCUT2D eigenvalue weighted by Crippen LogP contribution is -2.21. The van der Waals surface area contributed by atoms with Crippen LogP contribution in [-0.4, -0.2) is 6.54 Å². The smallest absolute Gasteiger partial charge is 0.0685 e. The number of halogens is 1. The van der Waals surface area contributed by atoms with Crippen LogP contribution in [0.5, 0.6) is 0 Å². The van der Waals surface area contributed by atoms with E-state index in [4.69, 9.17) is 11.6 Å². The predicted octanol–water partition coefficient (Wildman–Crippen LogP) is 5.40. The van der Waals surface area contributed by atoms with Crippen LogP contribution in [-0.2, 0) is 5.41 Å². The zero-order chi connectivity index (χ0) is 14.8. The van der Waals surface area contributed by atoms with Gasteiger partial charge in [0.15, 0.2) is 0 Å². The highest BCUT2D eigenvalue weighted by Crippen LogP contribution is 2.36. The van der Waals surface area contributed by atoms with Crippen molar-refractivity contribution < 1.29 is 0 Å². The van der Waals surface area contributed by atoms with E-state index >= 15 is 0 Å². The van der Waals surface area contributed by atoms with E-state index in [-0.39, 0.29) is 11.5 Å². The maximum atomic E-state index is 6.37. The van der Waals surface area contributed by atoms with E-state index in [1.807, 2.05) is 29.5 Å². The molecule has 0 aliphatic rings. The van der Waals surface area contributed by atoms with Crippen molar-refractivity contribution in [2.45, 2.75) is 39.2 Å². The molecule has 0 saturated carbocycles. The Morgan fingerprint density at radius 1 is 1.15 bits per heavy atom. The van der Waals surface area contributed by atoms with Crippen molar-refractivity contribution in [3.8, 4) is 0 Å². The highest BCUT2D eigenvalue weighted by molar-refractivity contribution is 7.12. The van der Waals surface area contributed by atoms with Crippen LogP contribution in [0.25, 0.3) is 0 Å². The van der Waals surface area contributed by atoms with Gasteiger partial charge in [0.05, 0.1) is 6.04 Å². The van der Waals surface area contributed by atoms with Gasteiger partial charge in [-0.25, -0.2) is 0 Å². The first-order valence-electron chi connectivity index (χ1n) is 7.01. The molecule has 0 saturated heterocycles. The first-order valence-corrected chi connectivity index (χ1v) is 8.21. The van der Waals surface area contributed by atoms with E-state index in [0.29, 0.717) is 0 Å². The number of nitrogens with one attached hydrogen (secondary N) is 1. The summed E-state index contributed by atoms with van der Waals surface area (Å²) in [7, 11) is 0. The molecule has 2 rings (SSSR count). The Morgan fingerprint density at radius 2 is 1.85 bits per heavy atom. The fourth-order valence-electron chi connectivity index (χ4n) is 2.19. The lowest BCUT2D eigenvalue weighted by molar-refractivity contribution is 0.604. The van der Waals surface area contributed by atoms with E-state index in [2.05, 4.69) is 51.2 Å². The molecule has 0 aliphatic heterocycles. The second-order valence-corrected chi connectivity index (χ2v) is 7.49. The van der Waals surface area contributed by atoms with E-state index < -0.39 is 0 Å². The molecule has 1 atom stereocenters. The number of hydrogen-bond donors (Lipinski definition) is 1. The van der Waals surface area contributed by atoms with Crippen molar-refractivity contribution in [1.82, 2.24) is 5.32 Å². The maximum Gasteiger partial charge on any atom is 0.0685 e. The molecule has 2 aromatic rings. The van der Waals surface area contributed by atoms with Crippen LogP contribution in [0.1, 0.15) is 49.1 Å². The molecule has 0 spiro atoms. The second-order valence-electron chi connectivity index (χ2n) is 5.96. The minimum absolute atomic E-state index is 0.176. The quantitative estimate of drug-likeness (QED) is 0.797. The Hall–Kier alpha value is -0.830. The number of thiophene rings is 1. The van der Waals surface area contributed by atoms with Crippen LogP contribution in [0.2, 0.25) is 5.02 Å². The summed E-state index contributed by atoms with van der Waals surface area (Å²) in [5.41, 5.74) is 1.35. The van der Waals surface area contributed by atoms with Gasteiger partial charge in [0.2, 0.25) is 0 Å². The van der Waals surface area contributed by atoms with Crippen LogP contribution in [0, 0.1) is 0 Å². The van der Waals surface area contributed by atoms with Gasteiger partial charge in [-0.05, 0) is 35.7 Å². The molecule has 1 aromatic carbocycles. The Balaban J connectivity index is 2.39. The molecule has 108 valence electrons. The lowest BCUT2D eigenvalue weighted by Gasteiger charge is -2.19. The molecule has 3 heteroatoms. The molecule has 1 aromatic heterocycles. The number of hydrogen-bond acceptors (Lipinski definition) is 2. The first kappa shape index (κ1) is 15.6. The van der Waals surface area contributed by atoms with Crippen LogP contribution < -0.4 is 5.32 Å². The second kappa shape index (κ2) is 6.30. The van der Waals surface area contributed by atoms with Gasteiger partial charge >= 0.3 is 0 Å². The third kappa shape index (κ3) is 3.43. The molecule has 0 radical (unpaired) electrons. The highest BCUT2D eigenvalue weighted by Gasteiger charge is 2.21. The van der Waals surface area contributed by atoms with Crippen LogP contribution in [0.15, 0.2) is 36.4 Å². The van der Waals surface area contributed by atoms with Gasteiger partial charge in [0.1, 0.15) is 0 Å². The summed E-state index contributed by atoms with van der Waals surface area (Å²) in [6.45, 7) is 9.79. The fraction of sp³-hybridized carbons (Fsp3) is 0.412. The van der Waals surface area contributed by atoms with Gasteiger partial charge in [0.25, 0.3) is 0 Å². The van der Waals surface area contributed by atoms with Crippen LogP contribution >= 0.6 is 22.9 Å². The zero-order valence-corrected chi connectivity index (χ0v) is 14.1. The fourth-order valence-corrected chi connectivity index (χ4v) is 3.59. The molecule has 1 unspecified atom stereocenters. The van der Waals surface area contributed by atoms with Gasteiger partial charge in [-0.15, -0.1) is 11.3 Å². The first-order chi connectivity index (χ1) is 9.43. The molecule has 1 N–H and O–H groups in total. The van der Waals surface area contributed by atoms with Crippen molar-refractivity contribution in [3.63, 3.8) is 0 Å². The Kier molecular flexibility index (Phi) is 4.90. The summed E-state index contributed by atoms with van der Waals surface area (Å²) in [6.07, 6.45) is 0. The minimum Gasteiger partial charge on any atom is -0.306 e. The van der Waals surface area contributed by atoms with Crippen molar-refractivity contribution >= 4 is 22.9 Å². The topological polar surface area (TPSA) is 12.0 Å². The molecule has 0 bridgehead atoms. The van der Waals surface area contributed by atoms with Gasteiger partial charge in [-0.2, -0.15) is 0 Å². The third-order valence-corrected chi connectivity index (χ3v) is 5.20. The van der Waals surface area contributed by atoms with Gasteiger partial charge in [-0.1, -0.05) is 57.5 Å². The Bertz CT molecular complexity index is 568. The average molecular weight is 308 g/mol. The summed E-state index contributed by atoms with van der Waals surface area (Å²) >= 11 is 8.24. The number of benzene rings is 1. The van der Waals surface area contributed by atoms with Gasteiger partial charge < -0.3 is 5.32 Å².